The first-order chi connectivity index (χ1) is 11.2. The smallest absolute Gasteiger partial charge is 0.332 e. The molecule has 0 spiro atoms. The number of hydrogen-bond acceptors (Lipinski definition) is 4. The van der Waals surface area contributed by atoms with Crippen LogP contribution in [0.4, 0.5) is 27.5 Å². The van der Waals surface area contributed by atoms with Crippen molar-refractivity contribution >= 4 is 51.1 Å². The summed E-state index contributed by atoms with van der Waals surface area (Å²) in [6.45, 7) is 1.63. The molecule has 3 amide bonds. The molecule has 3 rings (SSSR count). The minimum absolute atomic E-state index is 0.502. The molecule has 0 aliphatic carbocycles. The number of urea groups is 1. The van der Waals surface area contributed by atoms with Crippen LogP contribution in [0.3, 0.4) is 0 Å². The second-order valence-electron chi connectivity index (χ2n) is 5.00. The van der Waals surface area contributed by atoms with Crippen molar-refractivity contribution in [2.45, 2.75) is 0 Å². The van der Waals surface area contributed by atoms with Crippen LogP contribution in [0.1, 0.15) is 0 Å². The number of hydrogen-bond donors (Lipinski definition) is 3. The summed E-state index contributed by atoms with van der Waals surface area (Å²) >= 11 is 3.34. The number of nitrogens with zero attached hydrogens (tertiary/aromatic N) is 1. The van der Waals surface area contributed by atoms with Gasteiger partial charge >= 0.3 is 6.03 Å². The lowest BCUT2D eigenvalue weighted by Crippen LogP contribution is -2.34. The summed E-state index contributed by atoms with van der Waals surface area (Å²) < 4.78 is 0.844. The lowest BCUT2D eigenvalue weighted by Gasteiger charge is -2.23. The van der Waals surface area contributed by atoms with Crippen molar-refractivity contribution in [3.05, 3.63) is 46.9 Å². The predicted octanol–water partition coefficient (Wildman–Crippen LogP) is 3.48. The summed E-state index contributed by atoms with van der Waals surface area (Å²) in [6, 6.07) is 12.0. The summed E-state index contributed by atoms with van der Waals surface area (Å²) in [5.74, 6) is 0. The lowest BCUT2D eigenvalue weighted by atomic mass is 10.2. The van der Waals surface area contributed by atoms with Crippen LogP contribution in [-0.4, -0.2) is 25.5 Å². The van der Waals surface area contributed by atoms with Gasteiger partial charge < -0.3 is 16.0 Å². The van der Waals surface area contributed by atoms with Crippen molar-refractivity contribution in [2.75, 3.05) is 33.9 Å². The summed E-state index contributed by atoms with van der Waals surface area (Å²) in [5, 5.41) is 9.18. The molecule has 0 saturated heterocycles. The maximum atomic E-state index is 12.4. The summed E-state index contributed by atoms with van der Waals surface area (Å²) in [6.07, 6.45) is 0.505. The van der Waals surface area contributed by atoms with E-state index in [-0.39, 0.29) is 0 Å². The van der Waals surface area contributed by atoms with Gasteiger partial charge in [-0.05, 0) is 36.4 Å². The normalized spacial score (nSPS) is 12.4. The van der Waals surface area contributed by atoms with E-state index in [0.717, 1.165) is 33.8 Å². The third-order valence-corrected chi connectivity index (χ3v) is 3.93. The number of halogens is 1. The molecule has 2 aromatic carbocycles. The topological polar surface area (TPSA) is 73.5 Å². The molecular formula is C16H15BrN4O2. The van der Waals surface area contributed by atoms with Crippen LogP contribution >= 0.6 is 15.9 Å². The van der Waals surface area contributed by atoms with Gasteiger partial charge in [0, 0.05) is 23.2 Å². The van der Waals surface area contributed by atoms with Gasteiger partial charge in [0.25, 0.3) is 0 Å². The SMILES string of the molecule is O=CN(C(=O)Nc1cccc(Br)c1)c1ccc2c(c1)NCCN2. The Morgan fingerprint density at radius 1 is 1.13 bits per heavy atom. The van der Waals surface area contributed by atoms with Gasteiger partial charge in [-0.25, -0.2) is 9.69 Å². The van der Waals surface area contributed by atoms with Crippen LogP contribution < -0.4 is 20.9 Å². The molecule has 2 aromatic rings. The minimum atomic E-state index is -0.512. The Kier molecular flexibility index (Phi) is 4.47. The van der Waals surface area contributed by atoms with E-state index >= 15 is 0 Å². The molecule has 0 bridgehead atoms. The molecule has 7 heteroatoms. The number of anilines is 4. The van der Waals surface area contributed by atoms with Crippen LogP contribution in [-0.2, 0) is 4.79 Å². The maximum absolute atomic E-state index is 12.4. The molecule has 1 aliphatic rings. The summed E-state index contributed by atoms with van der Waals surface area (Å²) in [4.78, 5) is 24.8. The summed E-state index contributed by atoms with van der Waals surface area (Å²) in [5.41, 5.74) is 2.94. The van der Waals surface area contributed by atoms with E-state index in [9.17, 15) is 9.59 Å². The van der Waals surface area contributed by atoms with Crippen LogP contribution in [0.25, 0.3) is 0 Å². The summed E-state index contributed by atoms with van der Waals surface area (Å²) in [7, 11) is 0. The minimum Gasteiger partial charge on any atom is -0.382 e. The van der Waals surface area contributed by atoms with Crippen molar-refractivity contribution in [2.24, 2.45) is 0 Å². The first kappa shape index (κ1) is 15.4. The Labute approximate surface area is 142 Å². The molecule has 1 aliphatic heterocycles. The third kappa shape index (κ3) is 3.45. The van der Waals surface area contributed by atoms with E-state index in [4.69, 9.17) is 0 Å². The van der Waals surface area contributed by atoms with Crippen LogP contribution in [0.15, 0.2) is 46.9 Å². The number of nitrogens with one attached hydrogen (secondary N) is 3. The number of imide groups is 1. The Hall–Kier alpha value is -2.54. The molecule has 0 fully saturated rings. The first-order valence-corrected chi connectivity index (χ1v) is 7.89. The average molecular weight is 375 g/mol. The molecule has 0 unspecified atom stereocenters. The van der Waals surface area contributed by atoms with Crippen LogP contribution in [0.2, 0.25) is 0 Å². The average Bonchev–Trinajstić information content (AvgIpc) is 2.55. The van der Waals surface area contributed by atoms with Gasteiger partial charge in [-0.15, -0.1) is 0 Å². The predicted molar refractivity (Wildman–Crippen MR) is 95.1 cm³/mol. The number of rotatable bonds is 3. The first-order valence-electron chi connectivity index (χ1n) is 7.10. The number of amides is 3. The number of carbonyl (C=O) groups is 2. The number of carbonyl (C=O) groups excluding carboxylic acids is 2. The van der Waals surface area contributed by atoms with Gasteiger partial charge in [0.1, 0.15) is 0 Å². The molecule has 118 valence electrons. The molecule has 1 heterocycles. The van der Waals surface area contributed by atoms with E-state index in [0.29, 0.717) is 17.8 Å². The fourth-order valence-electron chi connectivity index (χ4n) is 2.35. The van der Waals surface area contributed by atoms with Crippen molar-refractivity contribution < 1.29 is 9.59 Å². The zero-order valence-corrected chi connectivity index (χ0v) is 13.8. The highest BCUT2D eigenvalue weighted by molar-refractivity contribution is 9.10. The largest absolute Gasteiger partial charge is 0.382 e. The van der Waals surface area contributed by atoms with Gasteiger partial charge in [-0.1, -0.05) is 22.0 Å². The second-order valence-corrected chi connectivity index (χ2v) is 5.92. The lowest BCUT2D eigenvalue weighted by molar-refractivity contribution is -0.106. The van der Waals surface area contributed by atoms with E-state index in [1.165, 1.54) is 0 Å². The van der Waals surface area contributed by atoms with Crippen molar-refractivity contribution in [1.82, 2.24) is 0 Å². The highest BCUT2D eigenvalue weighted by Crippen LogP contribution is 2.29. The van der Waals surface area contributed by atoms with E-state index in [1.54, 1.807) is 30.3 Å². The van der Waals surface area contributed by atoms with Crippen LogP contribution in [0, 0.1) is 0 Å². The fourth-order valence-corrected chi connectivity index (χ4v) is 2.75. The second kappa shape index (κ2) is 6.70. The van der Waals surface area contributed by atoms with Crippen molar-refractivity contribution in [1.29, 1.82) is 0 Å². The van der Waals surface area contributed by atoms with E-state index < -0.39 is 6.03 Å². The van der Waals surface area contributed by atoms with Gasteiger partial charge in [0.2, 0.25) is 6.41 Å². The van der Waals surface area contributed by atoms with E-state index in [1.807, 2.05) is 12.1 Å². The molecule has 3 N–H and O–H groups in total. The maximum Gasteiger partial charge on any atom is 0.332 e. The molecule has 0 saturated carbocycles. The molecule has 6 nitrogen and oxygen atoms in total. The third-order valence-electron chi connectivity index (χ3n) is 3.44. The standard InChI is InChI=1S/C16H15BrN4O2/c17-11-2-1-3-12(8-11)20-16(23)21(10-22)13-4-5-14-15(9-13)19-7-6-18-14/h1-5,8-10,18-19H,6-7H2,(H,20,23). The Balaban J connectivity index is 1.81. The van der Waals surface area contributed by atoms with Crippen molar-refractivity contribution in [3.8, 4) is 0 Å². The fraction of sp³-hybridized carbons (Fsp3) is 0.125. The molecular weight excluding hydrogens is 360 g/mol. The van der Waals surface area contributed by atoms with Gasteiger partial charge in [0.15, 0.2) is 0 Å². The quantitative estimate of drug-likeness (QED) is 0.719. The highest BCUT2D eigenvalue weighted by Gasteiger charge is 2.17. The Morgan fingerprint density at radius 2 is 1.91 bits per heavy atom. The van der Waals surface area contributed by atoms with E-state index in [2.05, 4.69) is 31.9 Å². The molecule has 0 aromatic heterocycles. The highest BCUT2D eigenvalue weighted by atomic mass is 79.9. The molecule has 23 heavy (non-hydrogen) atoms. The Morgan fingerprint density at radius 3 is 2.65 bits per heavy atom. The molecule has 0 atom stereocenters. The van der Waals surface area contributed by atoms with Gasteiger partial charge in [0.05, 0.1) is 17.1 Å². The van der Waals surface area contributed by atoms with Gasteiger partial charge in [-0.2, -0.15) is 0 Å². The zero-order chi connectivity index (χ0) is 16.2. The number of fused-ring (bicyclic) bond motifs is 1. The zero-order valence-electron chi connectivity index (χ0n) is 12.2. The number of benzene rings is 2. The monoisotopic (exact) mass is 374 g/mol. The Bertz CT molecular complexity index is 751. The van der Waals surface area contributed by atoms with Gasteiger partial charge in [-0.3, -0.25) is 4.79 Å². The van der Waals surface area contributed by atoms with Crippen LogP contribution in [0.5, 0.6) is 0 Å². The van der Waals surface area contributed by atoms with Crippen molar-refractivity contribution in [3.63, 3.8) is 0 Å². The molecule has 0 radical (unpaired) electrons.